The third-order valence-electron chi connectivity index (χ3n) is 4.95. The Bertz CT molecular complexity index is 543. The summed E-state index contributed by atoms with van der Waals surface area (Å²) in [5.41, 5.74) is 1.33. The summed E-state index contributed by atoms with van der Waals surface area (Å²) in [6.07, 6.45) is 2.74. The number of nitrogens with zero attached hydrogens (tertiary/aromatic N) is 2. The van der Waals surface area contributed by atoms with Gasteiger partial charge in [0.15, 0.2) is 5.79 Å². The van der Waals surface area contributed by atoms with Crippen LogP contribution in [0.1, 0.15) is 23.3 Å². The van der Waals surface area contributed by atoms with E-state index in [1.54, 1.807) is 0 Å². The molecule has 3 aliphatic rings. The summed E-state index contributed by atoms with van der Waals surface area (Å²) < 4.78 is 11.5. The molecule has 4 rings (SSSR count). The molecule has 0 radical (unpaired) electrons. The average Bonchev–Trinajstić information content (AvgIpc) is 3.18. The van der Waals surface area contributed by atoms with Crippen molar-refractivity contribution in [3.63, 3.8) is 0 Å². The van der Waals surface area contributed by atoms with Crippen molar-refractivity contribution < 1.29 is 14.3 Å². The number of thiophene rings is 1. The second-order valence-electron chi connectivity index (χ2n) is 6.32. The van der Waals surface area contributed by atoms with Crippen LogP contribution in [0.5, 0.6) is 0 Å². The maximum atomic E-state index is 12.5. The molecule has 4 heterocycles. The number of amides is 1. The van der Waals surface area contributed by atoms with E-state index < -0.39 is 0 Å². The Hall–Kier alpha value is -0.950. The van der Waals surface area contributed by atoms with Crippen molar-refractivity contribution >= 4 is 17.2 Å². The van der Waals surface area contributed by atoms with Crippen molar-refractivity contribution in [3.05, 3.63) is 21.9 Å². The number of rotatable bonds is 2. The predicted octanol–water partition coefficient (Wildman–Crippen LogP) is 1.47. The van der Waals surface area contributed by atoms with Crippen molar-refractivity contribution in [3.8, 4) is 0 Å². The van der Waals surface area contributed by atoms with E-state index in [1.807, 2.05) is 16.2 Å². The van der Waals surface area contributed by atoms with Gasteiger partial charge in [-0.2, -0.15) is 0 Å². The molecule has 120 valence electrons. The molecule has 22 heavy (non-hydrogen) atoms. The molecule has 0 N–H and O–H groups in total. The molecule has 6 heteroatoms. The van der Waals surface area contributed by atoms with E-state index in [-0.39, 0.29) is 11.7 Å². The van der Waals surface area contributed by atoms with Crippen molar-refractivity contribution in [1.29, 1.82) is 0 Å². The number of likely N-dealkylation sites (tertiary alicyclic amines) is 1. The predicted molar refractivity (Wildman–Crippen MR) is 83.7 cm³/mol. The Labute approximate surface area is 134 Å². The van der Waals surface area contributed by atoms with Crippen molar-refractivity contribution in [2.45, 2.75) is 31.6 Å². The van der Waals surface area contributed by atoms with E-state index in [0.29, 0.717) is 19.8 Å². The first kappa shape index (κ1) is 14.6. The van der Waals surface area contributed by atoms with Gasteiger partial charge in [-0.05, 0) is 23.4 Å². The van der Waals surface area contributed by atoms with Crippen LogP contribution in [-0.2, 0) is 27.2 Å². The van der Waals surface area contributed by atoms with E-state index in [4.69, 9.17) is 9.47 Å². The molecule has 1 aromatic rings. The van der Waals surface area contributed by atoms with Crippen molar-refractivity contribution in [2.75, 3.05) is 39.4 Å². The monoisotopic (exact) mass is 322 g/mol. The number of hydrogen-bond acceptors (Lipinski definition) is 5. The van der Waals surface area contributed by atoms with Crippen molar-refractivity contribution in [2.24, 2.45) is 0 Å². The minimum atomic E-state index is -0.351. The Balaban J connectivity index is 1.30. The molecule has 3 aliphatic heterocycles. The van der Waals surface area contributed by atoms with E-state index in [1.165, 1.54) is 10.4 Å². The first-order valence-electron chi connectivity index (χ1n) is 8.07. The second kappa shape index (κ2) is 5.92. The highest BCUT2D eigenvalue weighted by atomic mass is 32.1. The van der Waals surface area contributed by atoms with Crippen LogP contribution in [0.4, 0.5) is 0 Å². The molecular weight excluding hydrogens is 300 g/mol. The van der Waals surface area contributed by atoms with Crippen LogP contribution in [0, 0.1) is 0 Å². The summed E-state index contributed by atoms with van der Waals surface area (Å²) in [5.74, 6) is -0.1000. The molecule has 2 fully saturated rings. The topological polar surface area (TPSA) is 42.0 Å². The SMILES string of the molecule is O=C(CN1CCC2(CC1)OCCO2)N1CCc2sccc2C1. The molecule has 1 amide bonds. The second-order valence-corrected chi connectivity index (χ2v) is 7.32. The number of fused-ring (bicyclic) bond motifs is 1. The maximum Gasteiger partial charge on any atom is 0.237 e. The Morgan fingerprint density at radius 3 is 2.77 bits per heavy atom. The van der Waals surface area contributed by atoms with Crippen LogP contribution in [-0.4, -0.2) is 60.9 Å². The van der Waals surface area contributed by atoms with Gasteiger partial charge in [0.05, 0.1) is 19.8 Å². The van der Waals surface area contributed by atoms with E-state index in [0.717, 1.165) is 45.4 Å². The maximum absolute atomic E-state index is 12.5. The van der Waals surface area contributed by atoms with Gasteiger partial charge in [-0.3, -0.25) is 9.69 Å². The zero-order chi connectivity index (χ0) is 15.0. The molecule has 1 spiro atoms. The lowest BCUT2D eigenvalue weighted by Gasteiger charge is -2.38. The van der Waals surface area contributed by atoms with E-state index in [2.05, 4.69) is 16.3 Å². The van der Waals surface area contributed by atoms with Gasteiger partial charge in [0.25, 0.3) is 0 Å². The lowest BCUT2D eigenvalue weighted by Crippen LogP contribution is -2.49. The largest absolute Gasteiger partial charge is 0.347 e. The zero-order valence-electron chi connectivity index (χ0n) is 12.8. The minimum absolute atomic E-state index is 0.251. The Morgan fingerprint density at radius 1 is 1.23 bits per heavy atom. The number of carbonyl (C=O) groups excluding carboxylic acids is 1. The summed E-state index contributed by atoms with van der Waals surface area (Å²) in [7, 11) is 0. The fourth-order valence-electron chi connectivity index (χ4n) is 3.59. The number of hydrogen-bond donors (Lipinski definition) is 0. The lowest BCUT2D eigenvalue weighted by molar-refractivity contribution is -0.186. The van der Waals surface area contributed by atoms with Crippen LogP contribution in [0.15, 0.2) is 11.4 Å². The quantitative estimate of drug-likeness (QED) is 0.827. The van der Waals surface area contributed by atoms with Crippen LogP contribution >= 0.6 is 11.3 Å². The summed E-state index contributed by atoms with van der Waals surface area (Å²) in [6, 6.07) is 2.15. The van der Waals surface area contributed by atoms with E-state index in [9.17, 15) is 4.79 Å². The molecule has 0 unspecified atom stereocenters. The third-order valence-corrected chi connectivity index (χ3v) is 5.97. The third kappa shape index (κ3) is 2.80. The summed E-state index contributed by atoms with van der Waals surface area (Å²) in [6.45, 7) is 5.32. The Kier molecular flexibility index (Phi) is 3.94. The normalized spacial score (nSPS) is 24.6. The van der Waals surface area contributed by atoms with Gasteiger partial charge in [0, 0.05) is 43.9 Å². The van der Waals surface area contributed by atoms with Crippen LogP contribution in [0.25, 0.3) is 0 Å². The average molecular weight is 322 g/mol. The summed E-state index contributed by atoms with van der Waals surface area (Å²) in [5, 5.41) is 2.13. The highest BCUT2D eigenvalue weighted by molar-refractivity contribution is 7.10. The van der Waals surface area contributed by atoms with Crippen LogP contribution in [0.2, 0.25) is 0 Å². The molecule has 5 nitrogen and oxygen atoms in total. The molecule has 1 aromatic heterocycles. The molecule has 0 bridgehead atoms. The number of carbonyl (C=O) groups is 1. The van der Waals surface area contributed by atoms with Gasteiger partial charge < -0.3 is 14.4 Å². The standard InChI is InChI=1S/C16H22N2O3S/c19-15(18-5-1-14-13(11-18)2-10-22-14)12-17-6-3-16(4-7-17)20-8-9-21-16/h2,10H,1,3-9,11-12H2. The molecule has 0 aromatic carbocycles. The molecule has 2 saturated heterocycles. The van der Waals surface area contributed by atoms with Crippen LogP contribution in [0.3, 0.4) is 0 Å². The summed E-state index contributed by atoms with van der Waals surface area (Å²) >= 11 is 1.81. The number of ether oxygens (including phenoxy) is 2. The van der Waals surface area contributed by atoms with Gasteiger partial charge in [-0.1, -0.05) is 0 Å². The van der Waals surface area contributed by atoms with Crippen LogP contribution < -0.4 is 0 Å². The van der Waals surface area contributed by atoms with Gasteiger partial charge in [-0.25, -0.2) is 0 Å². The fraction of sp³-hybridized carbons (Fsp3) is 0.688. The summed E-state index contributed by atoms with van der Waals surface area (Å²) in [4.78, 5) is 18.2. The fourth-order valence-corrected chi connectivity index (χ4v) is 4.48. The van der Waals surface area contributed by atoms with Crippen molar-refractivity contribution in [1.82, 2.24) is 9.80 Å². The molecule has 0 saturated carbocycles. The highest BCUT2D eigenvalue weighted by Gasteiger charge is 2.40. The number of piperidine rings is 1. The van der Waals surface area contributed by atoms with Gasteiger partial charge in [-0.15, -0.1) is 11.3 Å². The van der Waals surface area contributed by atoms with Gasteiger partial charge >= 0.3 is 0 Å². The van der Waals surface area contributed by atoms with Gasteiger partial charge in [0.2, 0.25) is 5.91 Å². The molecule has 0 aliphatic carbocycles. The lowest BCUT2D eigenvalue weighted by atomic mass is 10.0. The molecular formula is C16H22N2O3S. The smallest absolute Gasteiger partial charge is 0.237 e. The highest BCUT2D eigenvalue weighted by Crippen LogP contribution is 2.31. The zero-order valence-corrected chi connectivity index (χ0v) is 13.6. The van der Waals surface area contributed by atoms with E-state index >= 15 is 0 Å². The first-order valence-corrected chi connectivity index (χ1v) is 8.95. The first-order chi connectivity index (χ1) is 10.7. The minimum Gasteiger partial charge on any atom is -0.347 e. The van der Waals surface area contributed by atoms with Gasteiger partial charge in [0.1, 0.15) is 0 Å². The molecule has 0 atom stereocenters. The Morgan fingerprint density at radius 2 is 2.00 bits per heavy atom.